The summed E-state index contributed by atoms with van der Waals surface area (Å²) in [5.74, 6) is 2.11. The van der Waals surface area contributed by atoms with Crippen molar-refractivity contribution in [1.82, 2.24) is 4.98 Å². The zero-order valence-electron chi connectivity index (χ0n) is 10.3. The van der Waals surface area contributed by atoms with E-state index < -0.39 is 0 Å². The lowest BCUT2D eigenvalue weighted by molar-refractivity contribution is 0.321. The molecule has 0 saturated heterocycles. The number of aromatic nitrogens is 1. The summed E-state index contributed by atoms with van der Waals surface area (Å²) in [5.41, 5.74) is 6.51. The summed E-state index contributed by atoms with van der Waals surface area (Å²) >= 11 is 0. The van der Waals surface area contributed by atoms with Gasteiger partial charge in [0.15, 0.2) is 11.5 Å². The lowest BCUT2D eigenvalue weighted by atomic mass is 10.2. The first kappa shape index (κ1) is 12.4. The predicted molar refractivity (Wildman–Crippen MR) is 69.8 cm³/mol. The van der Waals surface area contributed by atoms with Crippen LogP contribution in [0.2, 0.25) is 0 Å². The van der Waals surface area contributed by atoms with Crippen LogP contribution in [0, 0.1) is 0 Å². The number of hydrogen-bond donors (Lipinski definition) is 1. The minimum absolute atomic E-state index is 0.389. The number of nitrogens with zero attached hydrogens (tertiary/aromatic N) is 1. The van der Waals surface area contributed by atoms with Gasteiger partial charge in [0.1, 0.15) is 5.75 Å². The molecule has 2 aromatic rings. The molecule has 94 valence electrons. The van der Waals surface area contributed by atoms with Gasteiger partial charge in [0, 0.05) is 24.5 Å². The van der Waals surface area contributed by atoms with Crippen molar-refractivity contribution in [2.24, 2.45) is 5.73 Å². The lowest BCUT2D eigenvalue weighted by Gasteiger charge is -2.13. The molecule has 0 amide bonds. The minimum atomic E-state index is 0.389. The average Bonchev–Trinajstić information content (AvgIpc) is 2.42. The number of nitrogens with two attached hydrogens (primary N) is 1. The van der Waals surface area contributed by atoms with Crippen LogP contribution in [0.1, 0.15) is 12.5 Å². The first-order valence-electron chi connectivity index (χ1n) is 5.87. The molecule has 1 aromatic carbocycles. The molecule has 0 bridgehead atoms. The summed E-state index contributed by atoms with van der Waals surface area (Å²) in [6, 6.07) is 9.36. The fourth-order valence-electron chi connectivity index (χ4n) is 1.59. The van der Waals surface area contributed by atoms with Crippen molar-refractivity contribution in [3.8, 4) is 17.2 Å². The highest BCUT2D eigenvalue weighted by molar-refractivity contribution is 5.44. The molecule has 0 atom stereocenters. The van der Waals surface area contributed by atoms with Gasteiger partial charge < -0.3 is 15.2 Å². The van der Waals surface area contributed by atoms with E-state index >= 15 is 0 Å². The molecule has 4 nitrogen and oxygen atoms in total. The van der Waals surface area contributed by atoms with Gasteiger partial charge >= 0.3 is 0 Å². The number of pyridine rings is 1. The standard InChI is InChI=1S/C14H16N2O2/c1-2-17-13-5-3-4-6-14(13)18-12-7-8-16-10-11(12)9-15/h3-8,10H,2,9,15H2,1H3. The Morgan fingerprint density at radius 2 is 1.89 bits per heavy atom. The fourth-order valence-corrected chi connectivity index (χ4v) is 1.59. The molecule has 18 heavy (non-hydrogen) atoms. The van der Waals surface area contributed by atoms with E-state index in [9.17, 15) is 0 Å². The quantitative estimate of drug-likeness (QED) is 0.878. The van der Waals surface area contributed by atoms with Gasteiger partial charge in [-0.05, 0) is 25.1 Å². The monoisotopic (exact) mass is 244 g/mol. The minimum Gasteiger partial charge on any atom is -0.490 e. The van der Waals surface area contributed by atoms with Gasteiger partial charge in [0.2, 0.25) is 0 Å². The lowest BCUT2D eigenvalue weighted by Crippen LogP contribution is -2.01. The Balaban J connectivity index is 2.28. The Hall–Kier alpha value is -2.07. The molecule has 4 heteroatoms. The summed E-state index contributed by atoms with van der Waals surface area (Å²) in [7, 11) is 0. The molecule has 0 spiro atoms. The molecule has 0 radical (unpaired) electrons. The zero-order valence-corrected chi connectivity index (χ0v) is 10.3. The molecule has 2 N–H and O–H groups in total. The van der Waals surface area contributed by atoms with Crippen LogP contribution < -0.4 is 15.2 Å². The molecular formula is C14H16N2O2. The van der Waals surface area contributed by atoms with Gasteiger partial charge in [-0.3, -0.25) is 4.98 Å². The molecule has 1 aromatic heterocycles. The molecule has 0 fully saturated rings. The van der Waals surface area contributed by atoms with Crippen LogP contribution in [0.4, 0.5) is 0 Å². The fraction of sp³-hybridized carbons (Fsp3) is 0.214. The molecule has 0 saturated carbocycles. The predicted octanol–water partition coefficient (Wildman–Crippen LogP) is 2.73. The van der Waals surface area contributed by atoms with Crippen molar-refractivity contribution < 1.29 is 9.47 Å². The van der Waals surface area contributed by atoms with Crippen LogP contribution in [0.15, 0.2) is 42.7 Å². The van der Waals surface area contributed by atoms with E-state index in [0.29, 0.717) is 24.7 Å². The summed E-state index contributed by atoms with van der Waals surface area (Å²) in [6.45, 7) is 2.93. The van der Waals surface area contributed by atoms with E-state index in [4.69, 9.17) is 15.2 Å². The van der Waals surface area contributed by atoms with Crippen molar-refractivity contribution in [3.05, 3.63) is 48.3 Å². The Morgan fingerprint density at radius 3 is 2.61 bits per heavy atom. The summed E-state index contributed by atoms with van der Waals surface area (Å²) in [4.78, 5) is 4.03. The Kier molecular flexibility index (Phi) is 4.15. The van der Waals surface area contributed by atoms with Gasteiger partial charge in [0.05, 0.1) is 6.61 Å². The van der Waals surface area contributed by atoms with Crippen LogP contribution in [0.5, 0.6) is 17.2 Å². The van der Waals surface area contributed by atoms with Gasteiger partial charge in [-0.1, -0.05) is 12.1 Å². The molecule has 0 aliphatic carbocycles. The van der Waals surface area contributed by atoms with Crippen LogP contribution in [-0.2, 0) is 6.54 Å². The first-order chi connectivity index (χ1) is 8.85. The van der Waals surface area contributed by atoms with Crippen LogP contribution in [0.3, 0.4) is 0 Å². The van der Waals surface area contributed by atoms with E-state index in [1.54, 1.807) is 18.5 Å². The molecule has 0 aliphatic rings. The maximum Gasteiger partial charge on any atom is 0.169 e. The van der Waals surface area contributed by atoms with Crippen molar-refractivity contribution in [2.45, 2.75) is 13.5 Å². The van der Waals surface area contributed by atoms with Gasteiger partial charge in [-0.2, -0.15) is 0 Å². The molecule has 0 aliphatic heterocycles. The van der Waals surface area contributed by atoms with Gasteiger partial charge in [-0.15, -0.1) is 0 Å². The SMILES string of the molecule is CCOc1ccccc1Oc1ccncc1CN. The molecule has 2 rings (SSSR count). The second-order valence-corrected chi connectivity index (χ2v) is 3.67. The summed E-state index contributed by atoms with van der Waals surface area (Å²) < 4.78 is 11.3. The largest absolute Gasteiger partial charge is 0.490 e. The molecular weight excluding hydrogens is 228 g/mol. The van der Waals surface area contributed by atoms with Crippen molar-refractivity contribution >= 4 is 0 Å². The average molecular weight is 244 g/mol. The number of para-hydroxylation sites is 2. The van der Waals surface area contributed by atoms with E-state index in [-0.39, 0.29) is 0 Å². The number of benzene rings is 1. The third-order valence-electron chi connectivity index (χ3n) is 2.45. The first-order valence-corrected chi connectivity index (χ1v) is 5.87. The molecule has 0 unspecified atom stereocenters. The normalized spacial score (nSPS) is 10.1. The number of ether oxygens (including phenoxy) is 2. The van der Waals surface area contributed by atoms with E-state index in [2.05, 4.69) is 4.98 Å². The van der Waals surface area contributed by atoms with E-state index in [1.165, 1.54) is 0 Å². The van der Waals surface area contributed by atoms with E-state index in [0.717, 1.165) is 11.3 Å². The summed E-state index contributed by atoms with van der Waals surface area (Å²) in [6.07, 6.45) is 3.39. The maximum absolute atomic E-state index is 5.84. The highest BCUT2D eigenvalue weighted by Gasteiger charge is 2.07. The van der Waals surface area contributed by atoms with Crippen LogP contribution >= 0.6 is 0 Å². The van der Waals surface area contributed by atoms with Crippen molar-refractivity contribution in [1.29, 1.82) is 0 Å². The number of hydrogen-bond acceptors (Lipinski definition) is 4. The van der Waals surface area contributed by atoms with Crippen molar-refractivity contribution in [2.75, 3.05) is 6.61 Å². The third-order valence-corrected chi connectivity index (χ3v) is 2.45. The summed E-state index contributed by atoms with van der Waals surface area (Å²) in [5, 5.41) is 0. The Bertz CT molecular complexity index is 515. The Labute approximate surface area is 106 Å². The zero-order chi connectivity index (χ0) is 12.8. The van der Waals surface area contributed by atoms with Gasteiger partial charge in [0.25, 0.3) is 0 Å². The second-order valence-electron chi connectivity index (χ2n) is 3.67. The third kappa shape index (κ3) is 2.78. The van der Waals surface area contributed by atoms with Crippen LogP contribution in [-0.4, -0.2) is 11.6 Å². The smallest absolute Gasteiger partial charge is 0.169 e. The van der Waals surface area contributed by atoms with Crippen LogP contribution in [0.25, 0.3) is 0 Å². The molecule has 1 heterocycles. The second kappa shape index (κ2) is 6.02. The van der Waals surface area contributed by atoms with Gasteiger partial charge in [-0.25, -0.2) is 0 Å². The maximum atomic E-state index is 5.84. The number of rotatable bonds is 5. The highest BCUT2D eigenvalue weighted by Crippen LogP contribution is 2.32. The van der Waals surface area contributed by atoms with Crippen molar-refractivity contribution in [3.63, 3.8) is 0 Å². The van der Waals surface area contributed by atoms with E-state index in [1.807, 2.05) is 31.2 Å². The topological polar surface area (TPSA) is 57.4 Å². The Morgan fingerprint density at radius 1 is 1.11 bits per heavy atom. The highest BCUT2D eigenvalue weighted by atomic mass is 16.5.